The summed E-state index contributed by atoms with van der Waals surface area (Å²) in [5.74, 6) is -1.91. The van der Waals surface area contributed by atoms with E-state index in [1.165, 1.54) is 23.1 Å². The topological polar surface area (TPSA) is 88.1 Å². The van der Waals surface area contributed by atoms with Crippen molar-refractivity contribution < 1.29 is 23.5 Å². The van der Waals surface area contributed by atoms with Crippen LogP contribution in [-0.4, -0.2) is 33.5 Å². The van der Waals surface area contributed by atoms with E-state index in [4.69, 9.17) is 16.3 Å². The molecule has 1 N–H and O–H groups in total. The van der Waals surface area contributed by atoms with Crippen LogP contribution in [-0.2, 0) is 21.0 Å². The van der Waals surface area contributed by atoms with Gasteiger partial charge in [-0.15, -0.1) is 0 Å². The molecular formula is C40H32BrClFN3O4S. The molecule has 0 saturated heterocycles. The third kappa shape index (κ3) is 9.61. The van der Waals surface area contributed by atoms with Crippen LogP contribution in [0.15, 0.2) is 149 Å². The van der Waals surface area contributed by atoms with Gasteiger partial charge in [0, 0.05) is 5.70 Å². The molecular weight excluding hydrogens is 753 g/mol. The van der Waals surface area contributed by atoms with E-state index in [9.17, 15) is 18.8 Å². The van der Waals surface area contributed by atoms with E-state index in [0.717, 1.165) is 22.9 Å². The number of amides is 3. The maximum absolute atomic E-state index is 14.1. The van der Waals surface area contributed by atoms with Crippen LogP contribution in [0.2, 0.25) is 5.02 Å². The lowest BCUT2D eigenvalue weighted by Gasteiger charge is -2.28. The zero-order valence-electron chi connectivity index (χ0n) is 27.4. The minimum Gasteiger partial charge on any atom is -0.486 e. The third-order valence-corrected chi connectivity index (χ3v) is 9.33. The first-order valence-electron chi connectivity index (χ1n) is 15.7. The summed E-state index contributed by atoms with van der Waals surface area (Å²) in [6.07, 6.45) is 7.97. The lowest BCUT2D eigenvalue weighted by molar-refractivity contribution is -0.126. The first kappa shape index (κ1) is 37.2. The molecule has 1 heterocycles. The molecule has 0 radical (unpaired) electrons. The highest BCUT2D eigenvalue weighted by Gasteiger charge is 2.35. The molecule has 5 rings (SSSR count). The monoisotopic (exact) mass is 783 g/mol. The summed E-state index contributed by atoms with van der Waals surface area (Å²) >= 11 is 11.0. The summed E-state index contributed by atoms with van der Waals surface area (Å²) in [4.78, 5) is 46.5. The van der Waals surface area contributed by atoms with Gasteiger partial charge in [0.15, 0.2) is 10.9 Å². The average Bonchev–Trinajstić information content (AvgIpc) is 3.13. The molecule has 0 spiro atoms. The van der Waals surface area contributed by atoms with Crippen molar-refractivity contribution in [2.75, 3.05) is 5.75 Å². The molecule has 258 valence electrons. The van der Waals surface area contributed by atoms with Crippen LogP contribution in [0.5, 0.6) is 5.75 Å². The molecule has 3 amide bonds. The van der Waals surface area contributed by atoms with Gasteiger partial charge in [-0.2, -0.15) is 4.99 Å². The lowest BCUT2D eigenvalue weighted by atomic mass is 9.99. The van der Waals surface area contributed by atoms with E-state index in [1.807, 2.05) is 60.7 Å². The maximum atomic E-state index is 14.1. The van der Waals surface area contributed by atoms with Crippen LogP contribution in [0.1, 0.15) is 35.2 Å². The highest BCUT2D eigenvalue weighted by Crippen LogP contribution is 2.36. The fourth-order valence-electron chi connectivity index (χ4n) is 5.14. The van der Waals surface area contributed by atoms with Crippen molar-refractivity contribution in [2.45, 2.75) is 19.6 Å². The summed E-state index contributed by atoms with van der Waals surface area (Å²) in [5.41, 5.74) is 3.08. The van der Waals surface area contributed by atoms with Crippen LogP contribution in [0.25, 0.3) is 6.08 Å². The Labute approximate surface area is 313 Å². The summed E-state index contributed by atoms with van der Waals surface area (Å²) in [7, 11) is 0. The summed E-state index contributed by atoms with van der Waals surface area (Å²) < 4.78 is 19.9. The Morgan fingerprint density at radius 2 is 1.73 bits per heavy atom. The summed E-state index contributed by atoms with van der Waals surface area (Å²) in [6, 6.07) is 28.0. The molecule has 0 aliphatic carbocycles. The van der Waals surface area contributed by atoms with Gasteiger partial charge in [-0.25, -0.2) is 4.39 Å². The van der Waals surface area contributed by atoms with Crippen molar-refractivity contribution in [3.63, 3.8) is 0 Å². The van der Waals surface area contributed by atoms with Crippen molar-refractivity contribution in [2.24, 2.45) is 4.99 Å². The number of hydrogen-bond donors (Lipinski definition) is 1. The van der Waals surface area contributed by atoms with Gasteiger partial charge in [0.1, 0.15) is 18.0 Å². The van der Waals surface area contributed by atoms with Gasteiger partial charge in [0.2, 0.25) is 5.91 Å². The molecule has 1 aliphatic rings. The Hall–Kier alpha value is -5.03. The number of carbonyl (C=O) groups is 3. The Balaban J connectivity index is 1.39. The SMILES string of the molecule is C=C/C=C\C(=C/C)N1C(=O)/C(=C/c2cc(Cl)c(OCc3cccc(F)c3)c(Br)c2)C(=O)N=C1SCC(=O)NC(c1ccccc1)c1ccccc1. The van der Waals surface area contributed by atoms with Crippen LogP contribution < -0.4 is 10.1 Å². The van der Waals surface area contributed by atoms with Crippen LogP contribution in [0.4, 0.5) is 4.39 Å². The van der Waals surface area contributed by atoms with Gasteiger partial charge < -0.3 is 10.1 Å². The fraction of sp³-hybridized carbons (Fsp3) is 0.100. The number of hydrogen-bond acceptors (Lipinski definition) is 5. The number of thioether (sulfide) groups is 1. The second kappa shape index (κ2) is 17.8. The Morgan fingerprint density at radius 3 is 2.33 bits per heavy atom. The van der Waals surface area contributed by atoms with E-state index in [1.54, 1.807) is 55.5 Å². The molecule has 0 bridgehead atoms. The first-order chi connectivity index (χ1) is 24.7. The lowest BCUT2D eigenvalue weighted by Crippen LogP contribution is -2.42. The van der Waals surface area contributed by atoms with Gasteiger partial charge in [0.05, 0.1) is 21.3 Å². The van der Waals surface area contributed by atoms with E-state index < -0.39 is 17.9 Å². The van der Waals surface area contributed by atoms with Gasteiger partial charge in [-0.05, 0) is 81.5 Å². The maximum Gasteiger partial charge on any atom is 0.285 e. The molecule has 4 aromatic carbocycles. The normalized spacial score (nSPS) is 14.3. The number of halogens is 3. The van der Waals surface area contributed by atoms with Crippen molar-refractivity contribution in [1.29, 1.82) is 0 Å². The second-order valence-electron chi connectivity index (χ2n) is 11.0. The smallest absolute Gasteiger partial charge is 0.285 e. The second-order valence-corrected chi connectivity index (χ2v) is 13.3. The quantitative estimate of drug-likeness (QED) is 0.0880. The molecule has 4 aromatic rings. The van der Waals surface area contributed by atoms with Crippen molar-refractivity contribution >= 4 is 68.3 Å². The minimum atomic E-state index is -0.771. The Morgan fingerprint density at radius 1 is 1.04 bits per heavy atom. The highest BCUT2D eigenvalue weighted by atomic mass is 79.9. The third-order valence-electron chi connectivity index (χ3n) is 7.52. The standard InChI is InChI=1S/C40H32BrClFN3O4S/c1-3-5-19-31(4-2)46-39(49)32(21-27-22-33(41)37(34(42)23-27)50-24-26-13-12-18-30(43)20-26)38(48)45-40(46)51-25-35(47)44-36(28-14-8-6-9-15-28)29-16-10-7-11-17-29/h3-23,36H,1,24-25H2,2H3,(H,44,47)/b19-5-,31-4+,32-21+. The average molecular weight is 785 g/mol. The number of benzene rings is 4. The molecule has 1 aliphatic heterocycles. The molecule has 51 heavy (non-hydrogen) atoms. The molecule has 7 nitrogen and oxygen atoms in total. The van der Waals surface area contributed by atoms with E-state index in [-0.39, 0.29) is 39.8 Å². The number of allylic oxidation sites excluding steroid dienone is 4. The number of nitrogens with one attached hydrogen (secondary N) is 1. The van der Waals surface area contributed by atoms with Crippen LogP contribution in [0, 0.1) is 5.82 Å². The number of amidine groups is 1. The Kier molecular flexibility index (Phi) is 13.0. The molecule has 0 fully saturated rings. The van der Waals surface area contributed by atoms with Crippen molar-refractivity contribution in [3.05, 3.63) is 177 Å². The molecule has 11 heteroatoms. The predicted molar refractivity (Wildman–Crippen MR) is 206 cm³/mol. The number of nitrogens with zero attached hydrogens (tertiary/aromatic N) is 2. The van der Waals surface area contributed by atoms with Crippen LogP contribution >= 0.6 is 39.3 Å². The van der Waals surface area contributed by atoms with Crippen LogP contribution in [0.3, 0.4) is 0 Å². The van der Waals surface area contributed by atoms with Gasteiger partial charge in [0.25, 0.3) is 11.8 Å². The predicted octanol–water partition coefficient (Wildman–Crippen LogP) is 9.21. The zero-order valence-corrected chi connectivity index (χ0v) is 30.6. The number of rotatable bonds is 12. The van der Waals surface area contributed by atoms with Crippen molar-refractivity contribution in [1.82, 2.24) is 10.2 Å². The zero-order chi connectivity index (χ0) is 36.3. The van der Waals surface area contributed by atoms with Crippen molar-refractivity contribution in [3.8, 4) is 5.75 Å². The minimum absolute atomic E-state index is 0.0513. The Bertz CT molecular complexity index is 2010. The highest BCUT2D eigenvalue weighted by molar-refractivity contribution is 9.10. The first-order valence-corrected chi connectivity index (χ1v) is 17.9. The molecule has 0 aromatic heterocycles. The van der Waals surface area contributed by atoms with Gasteiger partial charge in [-0.3, -0.25) is 19.3 Å². The van der Waals surface area contributed by atoms with Gasteiger partial charge >= 0.3 is 0 Å². The van der Waals surface area contributed by atoms with E-state index >= 15 is 0 Å². The summed E-state index contributed by atoms with van der Waals surface area (Å²) in [6.45, 7) is 5.53. The molecule has 0 unspecified atom stereocenters. The van der Waals surface area contributed by atoms with E-state index in [0.29, 0.717) is 27.0 Å². The van der Waals surface area contributed by atoms with Gasteiger partial charge in [-0.1, -0.05) is 121 Å². The van der Waals surface area contributed by atoms with E-state index in [2.05, 4.69) is 32.8 Å². The number of carbonyl (C=O) groups excluding carboxylic acids is 3. The number of ether oxygens (including phenoxy) is 1. The fourth-order valence-corrected chi connectivity index (χ4v) is 6.94. The molecule has 0 saturated carbocycles. The summed E-state index contributed by atoms with van der Waals surface area (Å²) in [5, 5.41) is 3.34. The molecule has 0 atom stereocenters. The largest absolute Gasteiger partial charge is 0.486 e. The number of aliphatic imine (C=N–C) groups is 1.